The summed E-state index contributed by atoms with van der Waals surface area (Å²) in [4.78, 5) is 0. The fraction of sp³-hybridized carbons (Fsp3) is 0.167. The predicted molar refractivity (Wildman–Crippen MR) is 43.3 cm³/mol. The summed E-state index contributed by atoms with van der Waals surface area (Å²) < 4.78 is 1.20. The SMILES string of the molecule is Brc1cccs1.CC#N. The quantitative estimate of drug-likeness (QED) is 0.637. The molecule has 0 radical (unpaired) electrons. The molecule has 1 rings (SSSR count). The van der Waals surface area contributed by atoms with Gasteiger partial charge in [-0.25, -0.2) is 0 Å². The van der Waals surface area contributed by atoms with E-state index >= 15 is 0 Å². The van der Waals surface area contributed by atoms with Crippen molar-refractivity contribution >= 4 is 27.3 Å². The molecule has 0 saturated heterocycles. The number of thiophene rings is 1. The molecule has 9 heavy (non-hydrogen) atoms. The number of hydrogen-bond donors (Lipinski definition) is 0. The van der Waals surface area contributed by atoms with Gasteiger partial charge in [-0.1, -0.05) is 6.07 Å². The minimum absolute atomic E-state index is 1.20. The summed E-state index contributed by atoms with van der Waals surface area (Å²) in [5.41, 5.74) is 0. The van der Waals surface area contributed by atoms with Gasteiger partial charge in [0, 0.05) is 6.92 Å². The monoisotopic (exact) mass is 203 g/mol. The van der Waals surface area contributed by atoms with Crippen LogP contribution in [0.25, 0.3) is 0 Å². The van der Waals surface area contributed by atoms with Crippen LogP contribution in [0.3, 0.4) is 0 Å². The smallest absolute Gasteiger partial charge is 0.0698 e. The van der Waals surface area contributed by atoms with Gasteiger partial charge in [0.25, 0.3) is 0 Å². The zero-order valence-corrected chi connectivity index (χ0v) is 7.37. The Balaban J connectivity index is 0.000000187. The summed E-state index contributed by atoms with van der Waals surface area (Å²) >= 11 is 4.99. The highest BCUT2D eigenvalue weighted by Gasteiger charge is 1.77. The van der Waals surface area contributed by atoms with Gasteiger partial charge in [0.05, 0.1) is 9.86 Å². The number of rotatable bonds is 0. The van der Waals surface area contributed by atoms with Crippen molar-refractivity contribution in [3.8, 4) is 6.07 Å². The minimum atomic E-state index is 1.20. The Morgan fingerprint density at radius 1 is 1.78 bits per heavy atom. The van der Waals surface area contributed by atoms with Crippen LogP contribution in [-0.2, 0) is 0 Å². The molecular formula is C6H6BrNS. The first-order chi connectivity index (χ1) is 4.31. The Hall–Kier alpha value is -0.330. The molecular weight excluding hydrogens is 198 g/mol. The second kappa shape index (κ2) is 5.80. The lowest BCUT2D eigenvalue weighted by molar-refractivity contribution is 1.49. The average Bonchev–Trinajstić information content (AvgIpc) is 2.20. The van der Waals surface area contributed by atoms with E-state index in [1.165, 1.54) is 10.7 Å². The molecule has 1 aromatic rings. The molecule has 0 aliphatic carbocycles. The van der Waals surface area contributed by atoms with E-state index in [0.29, 0.717) is 0 Å². The van der Waals surface area contributed by atoms with Crippen LogP contribution in [0.1, 0.15) is 6.92 Å². The fourth-order valence-corrected chi connectivity index (χ4v) is 1.18. The van der Waals surface area contributed by atoms with Gasteiger partial charge < -0.3 is 0 Å². The van der Waals surface area contributed by atoms with Gasteiger partial charge >= 0.3 is 0 Å². The highest BCUT2D eigenvalue weighted by Crippen LogP contribution is 2.14. The largest absolute Gasteiger partial charge is 0.199 e. The van der Waals surface area contributed by atoms with Crippen molar-refractivity contribution in [2.75, 3.05) is 0 Å². The maximum atomic E-state index is 7.32. The van der Waals surface area contributed by atoms with Gasteiger partial charge in [0.2, 0.25) is 0 Å². The molecule has 48 valence electrons. The highest BCUT2D eigenvalue weighted by molar-refractivity contribution is 9.11. The molecule has 0 aliphatic rings. The highest BCUT2D eigenvalue weighted by atomic mass is 79.9. The van der Waals surface area contributed by atoms with E-state index in [0.717, 1.165) is 0 Å². The summed E-state index contributed by atoms with van der Waals surface area (Å²) in [6, 6.07) is 5.78. The second-order valence-electron chi connectivity index (χ2n) is 1.14. The van der Waals surface area contributed by atoms with Crippen LogP contribution < -0.4 is 0 Å². The van der Waals surface area contributed by atoms with Gasteiger partial charge in [0.1, 0.15) is 0 Å². The molecule has 1 heterocycles. The van der Waals surface area contributed by atoms with Gasteiger partial charge in [-0.3, -0.25) is 0 Å². The Morgan fingerprint density at radius 3 is 2.44 bits per heavy atom. The van der Waals surface area contributed by atoms with Crippen molar-refractivity contribution < 1.29 is 0 Å². The van der Waals surface area contributed by atoms with Crippen molar-refractivity contribution in [2.45, 2.75) is 6.92 Å². The third kappa shape index (κ3) is 5.54. The van der Waals surface area contributed by atoms with E-state index in [2.05, 4.69) is 15.9 Å². The van der Waals surface area contributed by atoms with Gasteiger partial charge in [-0.15, -0.1) is 11.3 Å². The summed E-state index contributed by atoms with van der Waals surface area (Å²) in [7, 11) is 0. The predicted octanol–water partition coefficient (Wildman–Crippen LogP) is 3.04. The molecule has 1 nitrogen and oxygen atoms in total. The lowest BCUT2D eigenvalue weighted by Crippen LogP contribution is -1.29. The zero-order chi connectivity index (χ0) is 7.11. The number of hydrogen-bond acceptors (Lipinski definition) is 2. The summed E-state index contributed by atoms with van der Waals surface area (Å²) in [6.07, 6.45) is 0. The molecule has 0 amide bonds. The molecule has 0 unspecified atom stereocenters. The van der Waals surface area contributed by atoms with E-state index in [1.807, 2.05) is 17.5 Å². The van der Waals surface area contributed by atoms with Crippen LogP contribution in [0.2, 0.25) is 0 Å². The van der Waals surface area contributed by atoms with E-state index in [1.54, 1.807) is 17.4 Å². The fourth-order valence-electron chi connectivity index (χ4n) is 0.259. The maximum Gasteiger partial charge on any atom is 0.0698 e. The van der Waals surface area contributed by atoms with Crippen molar-refractivity contribution in [2.24, 2.45) is 0 Å². The molecule has 0 saturated carbocycles. The minimum Gasteiger partial charge on any atom is -0.199 e. The Kier molecular flexibility index (Phi) is 5.59. The third-order valence-corrected chi connectivity index (χ3v) is 1.97. The molecule has 0 aliphatic heterocycles. The first kappa shape index (κ1) is 8.67. The molecule has 0 spiro atoms. The summed E-state index contributed by atoms with van der Waals surface area (Å²) in [5.74, 6) is 0. The van der Waals surface area contributed by atoms with Crippen LogP contribution >= 0.6 is 27.3 Å². The lowest BCUT2D eigenvalue weighted by atomic mass is 10.7. The van der Waals surface area contributed by atoms with E-state index in [-0.39, 0.29) is 0 Å². The molecule has 3 heteroatoms. The van der Waals surface area contributed by atoms with Crippen molar-refractivity contribution in [1.29, 1.82) is 5.26 Å². The number of halogens is 1. The van der Waals surface area contributed by atoms with Gasteiger partial charge in [0.15, 0.2) is 0 Å². The van der Waals surface area contributed by atoms with Crippen molar-refractivity contribution in [3.63, 3.8) is 0 Å². The van der Waals surface area contributed by atoms with Crippen LogP contribution in [0, 0.1) is 11.3 Å². The molecule has 1 aromatic heterocycles. The second-order valence-corrected chi connectivity index (χ2v) is 3.47. The molecule has 0 atom stereocenters. The molecule has 0 bridgehead atoms. The van der Waals surface area contributed by atoms with Gasteiger partial charge in [-0.05, 0) is 27.4 Å². The van der Waals surface area contributed by atoms with Crippen LogP contribution in [0.5, 0.6) is 0 Å². The zero-order valence-electron chi connectivity index (χ0n) is 4.97. The average molecular weight is 204 g/mol. The Morgan fingerprint density at radius 2 is 2.33 bits per heavy atom. The number of nitrogens with zero attached hydrogens (tertiary/aromatic N) is 1. The van der Waals surface area contributed by atoms with Crippen LogP contribution in [0.15, 0.2) is 21.3 Å². The van der Waals surface area contributed by atoms with Crippen LogP contribution in [0.4, 0.5) is 0 Å². The topological polar surface area (TPSA) is 23.8 Å². The molecule has 0 aromatic carbocycles. The normalized spacial score (nSPS) is 6.78. The maximum absolute atomic E-state index is 7.32. The Bertz CT molecular complexity index is 175. The number of nitriles is 1. The molecule has 0 fully saturated rings. The van der Waals surface area contributed by atoms with E-state index in [4.69, 9.17) is 5.26 Å². The van der Waals surface area contributed by atoms with E-state index in [9.17, 15) is 0 Å². The van der Waals surface area contributed by atoms with Gasteiger partial charge in [-0.2, -0.15) is 5.26 Å². The lowest BCUT2D eigenvalue weighted by Gasteiger charge is -1.62. The van der Waals surface area contributed by atoms with Crippen LogP contribution in [-0.4, -0.2) is 0 Å². The first-order valence-electron chi connectivity index (χ1n) is 2.31. The summed E-state index contributed by atoms with van der Waals surface area (Å²) in [5, 5.41) is 9.35. The summed E-state index contributed by atoms with van der Waals surface area (Å²) in [6.45, 7) is 1.43. The van der Waals surface area contributed by atoms with Crippen molar-refractivity contribution in [1.82, 2.24) is 0 Å². The standard InChI is InChI=1S/C4H3BrS.C2H3N/c5-4-2-1-3-6-4;1-2-3/h1-3H;1H3. The third-order valence-electron chi connectivity index (χ3n) is 0.486. The Labute approximate surface area is 67.1 Å². The first-order valence-corrected chi connectivity index (χ1v) is 3.98. The van der Waals surface area contributed by atoms with Crippen molar-refractivity contribution in [3.05, 3.63) is 21.3 Å². The van der Waals surface area contributed by atoms with E-state index < -0.39 is 0 Å². The molecule has 0 N–H and O–H groups in total.